The summed E-state index contributed by atoms with van der Waals surface area (Å²) in [6.45, 7) is 4.88. The molecule has 0 saturated carbocycles. The molecule has 7 nitrogen and oxygen atoms in total. The zero-order valence-electron chi connectivity index (χ0n) is 18.1. The number of anilines is 1. The Hall–Kier alpha value is -2.91. The Kier molecular flexibility index (Phi) is 5.60. The minimum atomic E-state index is -0.638. The molecule has 168 valence electrons. The maximum absolute atomic E-state index is 15.0. The smallest absolute Gasteiger partial charge is 0.207 e. The number of hydrogen-bond donors (Lipinski definition) is 1. The Balaban J connectivity index is 1.58. The predicted octanol–water partition coefficient (Wildman–Crippen LogP) is 2.93. The van der Waals surface area contributed by atoms with Gasteiger partial charge in [-0.1, -0.05) is 6.07 Å². The highest BCUT2D eigenvalue weighted by atomic mass is 19.1. The molecule has 2 aliphatic rings. The molecule has 1 N–H and O–H groups in total. The number of rotatable bonds is 4. The topological polar surface area (TPSA) is 67.6 Å². The molecule has 2 aliphatic heterocycles. The molecule has 9 heteroatoms. The van der Waals surface area contributed by atoms with Gasteiger partial charge in [-0.25, -0.2) is 13.8 Å². The van der Waals surface area contributed by atoms with Crippen LogP contribution < -0.4 is 10.2 Å². The summed E-state index contributed by atoms with van der Waals surface area (Å²) in [6, 6.07) is 5.89. The second kappa shape index (κ2) is 8.55. The van der Waals surface area contributed by atoms with Crippen molar-refractivity contribution in [2.45, 2.75) is 31.5 Å². The van der Waals surface area contributed by atoms with Crippen LogP contribution in [0.15, 0.2) is 35.5 Å². The number of pyridine rings is 1. The van der Waals surface area contributed by atoms with Crippen LogP contribution in [0.25, 0.3) is 11.0 Å². The lowest BCUT2D eigenvalue weighted by atomic mass is 10.0. The number of halogens is 2. The van der Waals surface area contributed by atoms with E-state index in [1.54, 1.807) is 19.5 Å². The Morgan fingerprint density at radius 3 is 2.97 bits per heavy atom. The van der Waals surface area contributed by atoms with Crippen LogP contribution in [0.2, 0.25) is 0 Å². The molecule has 4 heterocycles. The summed E-state index contributed by atoms with van der Waals surface area (Å²) in [6.07, 6.45) is 4.47. The Bertz CT molecular complexity index is 1150. The number of fused-ring (bicyclic) bond motifs is 2. The molecule has 0 unspecified atom stereocenters. The third-order valence-electron chi connectivity index (χ3n) is 6.26. The molecule has 5 rings (SSSR count). The van der Waals surface area contributed by atoms with Crippen molar-refractivity contribution in [2.24, 2.45) is 4.99 Å². The summed E-state index contributed by atoms with van der Waals surface area (Å²) in [5.41, 5.74) is 2.23. The van der Waals surface area contributed by atoms with Crippen molar-refractivity contribution in [1.29, 1.82) is 0 Å². The van der Waals surface area contributed by atoms with E-state index in [1.807, 2.05) is 23.6 Å². The second-order valence-electron chi connectivity index (χ2n) is 8.32. The Morgan fingerprint density at radius 2 is 2.19 bits per heavy atom. The Morgan fingerprint density at radius 1 is 1.31 bits per heavy atom. The second-order valence-corrected chi connectivity index (χ2v) is 8.32. The predicted molar refractivity (Wildman–Crippen MR) is 120 cm³/mol. The monoisotopic (exact) mass is 440 g/mol. The van der Waals surface area contributed by atoms with Crippen LogP contribution in [0.5, 0.6) is 0 Å². The largest absolute Gasteiger partial charge is 0.375 e. The van der Waals surface area contributed by atoms with Gasteiger partial charge in [-0.2, -0.15) is 0 Å². The molecule has 3 aromatic rings. The van der Waals surface area contributed by atoms with Crippen LogP contribution in [0, 0.1) is 11.6 Å². The third-order valence-corrected chi connectivity index (χ3v) is 6.26. The van der Waals surface area contributed by atoms with E-state index in [0.29, 0.717) is 24.6 Å². The quantitative estimate of drug-likeness (QED) is 0.632. The number of piperidine rings is 1. The standard InChI is InChI=1S/C23H26F2N6O/c1-14(18-4-3-15(11-26-2)12-28-18)31-22-17(25)9-16(24)10-19(22)29-23(31)30-7-5-21-20(13-30)27-6-8-32-21/h3-4,9-12,14,20-21,27H,5-8,13H2,1-2H3/t14-,20-,21-/m0/s1. The van der Waals surface area contributed by atoms with Crippen LogP contribution in [-0.4, -0.2) is 66.2 Å². The highest BCUT2D eigenvalue weighted by molar-refractivity contribution is 5.80. The van der Waals surface area contributed by atoms with Crippen molar-refractivity contribution in [3.63, 3.8) is 0 Å². The maximum Gasteiger partial charge on any atom is 0.207 e. The number of nitrogens with one attached hydrogen (secondary N) is 1. The summed E-state index contributed by atoms with van der Waals surface area (Å²) in [4.78, 5) is 15.4. The van der Waals surface area contributed by atoms with Gasteiger partial charge in [0.05, 0.1) is 36.0 Å². The van der Waals surface area contributed by atoms with Crippen molar-refractivity contribution in [3.05, 3.63) is 53.4 Å². The van der Waals surface area contributed by atoms with E-state index >= 15 is 4.39 Å². The fourth-order valence-electron chi connectivity index (χ4n) is 4.71. The molecular formula is C23H26F2N6O. The first kappa shape index (κ1) is 21.0. The molecule has 32 heavy (non-hydrogen) atoms. The number of hydrogen-bond acceptors (Lipinski definition) is 6. The average Bonchev–Trinajstić information content (AvgIpc) is 3.18. The van der Waals surface area contributed by atoms with E-state index in [0.717, 1.165) is 36.8 Å². The van der Waals surface area contributed by atoms with Gasteiger partial charge >= 0.3 is 0 Å². The van der Waals surface area contributed by atoms with E-state index in [2.05, 4.69) is 25.2 Å². The van der Waals surface area contributed by atoms with Crippen LogP contribution >= 0.6 is 0 Å². The van der Waals surface area contributed by atoms with Gasteiger partial charge in [-0.15, -0.1) is 0 Å². The SMILES string of the molecule is CN=Cc1ccc([C@H](C)n2c(N3CC[C@@H]4OCCN[C@H]4C3)nc3cc(F)cc(F)c32)nc1. The van der Waals surface area contributed by atoms with Gasteiger partial charge in [0, 0.05) is 56.8 Å². The summed E-state index contributed by atoms with van der Waals surface area (Å²) in [7, 11) is 1.71. The van der Waals surface area contributed by atoms with Crippen LogP contribution in [0.4, 0.5) is 14.7 Å². The minimum absolute atomic E-state index is 0.166. The molecule has 0 aliphatic carbocycles. The number of benzene rings is 1. The molecule has 0 radical (unpaired) electrons. The number of nitrogens with zero attached hydrogens (tertiary/aromatic N) is 5. The molecule has 0 bridgehead atoms. The fourth-order valence-corrected chi connectivity index (χ4v) is 4.71. The van der Waals surface area contributed by atoms with Gasteiger partial charge in [0.25, 0.3) is 0 Å². The van der Waals surface area contributed by atoms with Gasteiger partial charge in [-0.3, -0.25) is 14.5 Å². The van der Waals surface area contributed by atoms with Gasteiger partial charge in [0.2, 0.25) is 5.95 Å². The number of imidazole rings is 1. The summed E-state index contributed by atoms with van der Waals surface area (Å²) >= 11 is 0. The van der Waals surface area contributed by atoms with E-state index in [-0.39, 0.29) is 23.7 Å². The van der Waals surface area contributed by atoms with Gasteiger partial charge in [0.1, 0.15) is 11.3 Å². The number of morpholine rings is 1. The number of aliphatic imine (C=N–C) groups is 1. The van der Waals surface area contributed by atoms with E-state index in [9.17, 15) is 4.39 Å². The Labute approximate surface area is 185 Å². The lowest BCUT2D eigenvalue weighted by Gasteiger charge is -2.42. The maximum atomic E-state index is 15.0. The van der Waals surface area contributed by atoms with Gasteiger partial charge in [0.15, 0.2) is 5.82 Å². The fraction of sp³-hybridized carbons (Fsp3) is 0.435. The lowest BCUT2D eigenvalue weighted by Crippen LogP contribution is -2.58. The number of aromatic nitrogens is 3. The summed E-state index contributed by atoms with van der Waals surface area (Å²) in [5, 5.41) is 3.51. The first-order chi connectivity index (χ1) is 15.5. The molecule has 0 spiro atoms. The molecule has 2 fully saturated rings. The van der Waals surface area contributed by atoms with Crippen LogP contribution in [0.3, 0.4) is 0 Å². The molecule has 2 saturated heterocycles. The zero-order valence-corrected chi connectivity index (χ0v) is 18.1. The van der Waals surface area contributed by atoms with Gasteiger partial charge < -0.3 is 15.0 Å². The lowest BCUT2D eigenvalue weighted by molar-refractivity contribution is -0.0137. The third kappa shape index (κ3) is 3.75. The first-order valence-electron chi connectivity index (χ1n) is 10.9. The van der Waals surface area contributed by atoms with E-state index in [1.165, 1.54) is 6.07 Å². The molecule has 2 aromatic heterocycles. The van der Waals surface area contributed by atoms with Crippen LogP contribution in [0.1, 0.15) is 30.6 Å². The van der Waals surface area contributed by atoms with Gasteiger partial charge in [-0.05, 0) is 19.4 Å². The van der Waals surface area contributed by atoms with E-state index in [4.69, 9.17) is 4.74 Å². The van der Waals surface area contributed by atoms with E-state index < -0.39 is 11.6 Å². The number of ether oxygens (including phenoxy) is 1. The average molecular weight is 440 g/mol. The van der Waals surface area contributed by atoms with Crippen molar-refractivity contribution < 1.29 is 13.5 Å². The van der Waals surface area contributed by atoms with Crippen LogP contribution in [-0.2, 0) is 4.74 Å². The highest BCUT2D eigenvalue weighted by Crippen LogP contribution is 2.33. The minimum Gasteiger partial charge on any atom is -0.375 e. The first-order valence-corrected chi connectivity index (χ1v) is 10.9. The van der Waals surface area contributed by atoms with Crippen molar-refractivity contribution in [3.8, 4) is 0 Å². The van der Waals surface area contributed by atoms with Crippen molar-refractivity contribution >= 4 is 23.2 Å². The van der Waals surface area contributed by atoms with Crippen molar-refractivity contribution in [2.75, 3.05) is 38.2 Å². The normalized spacial score (nSPS) is 22.4. The zero-order chi connectivity index (χ0) is 22.2. The molecule has 1 aromatic carbocycles. The molecule has 0 amide bonds. The van der Waals surface area contributed by atoms with Crippen molar-refractivity contribution in [1.82, 2.24) is 19.9 Å². The molecular weight excluding hydrogens is 414 g/mol. The summed E-state index contributed by atoms with van der Waals surface area (Å²) < 4.78 is 36.7. The summed E-state index contributed by atoms with van der Waals surface area (Å²) in [5.74, 6) is -0.653. The highest BCUT2D eigenvalue weighted by Gasteiger charge is 2.35. The molecule has 3 atom stereocenters.